The van der Waals surface area contributed by atoms with Gasteiger partial charge in [-0.25, -0.2) is 4.31 Å². The minimum Gasteiger partial charge on any atom is -0.376 e. The van der Waals surface area contributed by atoms with Crippen molar-refractivity contribution in [2.24, 2.45) is 5.73 Å². The molecule has 0 spiro atoms. The molecule has 1 aromatic carbocycles. The molecule has 9 heteroatoms. The van der Waals surface area contributed by atoms with E-state index < -0.39 is 11.8 Å². The van der Waals surface area contributed by atoms with Crippen LogP contribution in [0.3, 0.4) is 0 Å². The van der Waals surface area contributed by atoms with Crippen LogP contribution in [0.25, 0.3) is 0 Å². The minimum atomic E-state index is -4.70. The Kier molecular flexibility index (Phi) is 7.58. The number of aliphatic hydroxyl groups is 1. The fourth-order valence-electron chi connectivity index (χ4n) is 2.64. The summed E-state index contributed by atoms with van der Waals surface area (Å²) >= 11 is 3.46. The summed E-state index contributed by atoms with van der Waals surface area (Å²) in [7, 11) is 1.50. The van der Waals surface area contributed by atoms with Crippen molar-refractivity contribution >= 4 is 29.0 Å². The average Bonchev–Trinajstić information content (AvgIpc) is 3.16. The maximum absolute atomic E-state index is 12.9. The molecule has 1 atom stereocenters. The van der Waals surface area contributed by atoms with Gasteiger partial charge in [0, 0.05) is 31.9 Å². The molecular weight excluding hydrogens is 395 g/mol. The van der Waals surface area contributed by atoms with Crippen molar-refractivity contribution in [3.8, 4) is 0 Å². The van der Waals surface area contributed by atoms with Crippen molar-refractivity contribution in [3.05, 3.63) is 47.3 Å². The number of nitrogens with two attached hydrogens (primary N) is 1. The van der Waals surface area contributed by atoms with E-state index in [2.05, 4.69) is 26.4 Å². The van der Waals surface area contributed by atoms with Crippen molar-refractivity contribution in [1.82, 2.24) is 4.31 Å². The van der Waals surface area contributed by atoms with Crippen molar-refractivity contribution < 1.29 is 18.3 Å². The summed E-state index contributed by atoms with van der Waals surface area (Å²) in [6.07, 6.45) is -4.70. The summed E-state index contributed by atoms with van der Waals surface area (Å²) in [5.41, 5.74) is 2.40. The molecule has 1 unspecified atom stereocenters. The predicted octanol–water partition coefficient (Wildman–Crippen LogP) is 3.92. The Bertz CT molecular complexity index is 683. The molecule has 0 aliphatic carbocycles. The van der Waals surface area contributed by atoms with E-state index in [0.717, 1.165) is 38.8 Å². The Hall–Kier alpha value is -1.26. The first-order chi connectivity index (χ1) is 12.8. The third-order valence-corrected chi connectivity index (χ3v) is 6.41. The van der Waals surface area contributed by atoms with Crippen LogP contribution in [0.2, 0.25) is 0 Å². The summed E-state index contributed by atoms with van der Waals surface area (Å²) < 4.78 is 42.3. The van der Waals surface area contributed by atoms with Gasteiger partial charge in [0.1, 0.15) is 0 Å². The van der Waals surface area contributed by atoms with Gasteiger partial charge in [-0.2, -0.15) is 13.2 Å². The molecule has 1 aromatic heterocycles. The number of alkyl halides is 3. The minimum absolute atomic E-state index is 0.143. The highest BCUT2D eigenvalue weighted by Crippen LogP contribution is 2.39. The van der Waals surface area contributed by atoms with E-state index in [0.29, 0.717) is 0 Å². The molecule has 1 aliphatic heterocycles. The van der Waals surface area contributed by atoms with E-state index >= 15 is 0 Å². The van der Waals surface area contributed by atoms with Crippen LogP contribution in [0.1, 0.15) is 12.5 Å². The predicted molar refractivity (Wildman–Crippen MR) is 106 cm³/mol. The number of rotatable bonds is 4. The fraction of sp³-hybridized carbons (Fsp3) is 0.444. The molecule has 27 heavy (non-hydrogen) atoms. The van der Waals surface area contributed by atoms with Crippen LogP contribution in [0.15, 0.2) is 46.0 Å². The molecule has 0 amide bonds. The van der Waals surface area contributed by atoms with Crippen LogP contribution in [0, 0.1) is 0 Å². The molecular formula is C18H24F3N3OS2. The zero-order valence-electron chi connectivity index (χ0n) is 15.2. The molecule has 1 fully saturated rings. The van der Waals surface area contributed by atoms with Crippen LogP contribution in [-0.2, 0) is 5.60 Å². The maximum atomic E-state index is 12.9. The Morgan fingerprint density at radius 1 is 1.04 bits per heavy atom. The van der Waals surface area contributed by atoms with Crippen molar-refractivity contribution in [3.63, 3.8) is 0 Å². The van der Waals surface area contributed by atoms with E-state index in [4.69, 9.17) is 0 Å². The lowest BCUT2D eigenvalue weighted by Crippen LogP contribution is -2.43. The number of hydrogen-bond acceptors (Lipinski definition) is 6. The van der Waals surface area contributed by atoms with Crippen LogP contribution in [0.5, 0.6) is 0 Å². The molecule has 3 N–H and O–H groups in total. The highest BCUT2D eigenvalue weighted by Gasteiger charge is 2.51. The standard InChI is InChI=1S/C17H19F3N2OS2.CH5N/c1-16(23,17(18,19)20)13-4-6-14(7-5-13)21-8-10-22(11-9-21)25-15-3-2-12-24-15;1-2/h2-7,12,23H,8-11H2,1H3;2H2,1H3. The lowest BCUT2D eigenvalue weighted by atomic mass is 9.95. The van der Waals surface area contributed by atoms with E-state index in [1.54, 1.807) is 35.4 Å². The van der Waals surface area contributed by atoms with Crippen LogP contribution < -0.4 is 10.6 Å². The number of thiophene rings is 1. The van der Waals surface area contributed by atoms with Gasteiger partial charge in [-0.3, -0.25) is 0 Å². The fourth-order valence-corrected chi connectivity index (χ4v) is 4.48. The second-order valence-corrected chi connectivity index (χ2v) is 8.40. The van der Waals surface area contributed by atoms with Gasteiger partial charge in [0.25, 0.3) is 0 Å². The normalized spacial score (nSPS) is 17.8. The van der Waals surface area contributed by atoms with Gasteiger partial charge in [0.05, 0.1) is 4.21 Å². The van der Waals surface area contributed by atoms with Crippen molar-refractivity contribution in [2.45, 2.75) is 22.9 Å². The van der Waals surface area contributed by atoms with Crippen LogP contribution >= 0.6 is 23.3 Å². The lowest BCUT2D eigenvalue weighted by Gasteiger charge is -2.35. The number of hydrogen-bond donors (Lipinski definition) is 2. The largest absolute Gasteiger partial charge is 0.421 e. The lowest BCUT2D eigenvalue weighted by molar-refractivity contribution is -0.258. The van der Waals surface area contributed by atoms with Crippen molar-refractivity contribution in [2.75, 3.05) is 38.1 Å². The van der Waals surface area contributed by atoms with E-state index in [1.165, 1.54) is 23.4 Å². The van der Waals surface area contributed by atoms with Gasteiger partial charge in [0.15, 0.2) is 5.60 Å². The van der Waals surface area contributed by atoms with E-state index in [9.17, 15) is 18.3 Å². The maximum Gasteiger partial charge on any atom is 0.421 e. The highest BCUT2D eigenvalue weighted by atomic mass is 32.2. The number of anilines is 1. The molecule has 4 nitrogen and oxygen atoms in total. The number of nitrogens with zero attached hydrogens (tertiary/aromatic N) is 2. The Morgan fingerprint density at radius 2 is 1.63 bits per heavy atom. The monoisotopic (exact) mass is 419 g/mol. The highest BCUT2D eigenvalue weighted by molar-refractivity contribution is 7.98. The summed E-state index contributed by atoms with van der Waals surface area (Å²) in [6.45, 7) is 4.17. The van der Waals surface area contributed by atoms with Gasteiger partial charge in [-0.1, -0.05) is 18.2 Å². The molecule has 3 rings (SSSR count). The van der Waals surface area contributed by atoms with E-state index in [-0.39, 0.29) is 5.56 Å². The molecule has 2 heterocycles. The summed E-state index contributed by atoms with van der Waals surface area (Å²) in [5.74, 6) is 0. The number of benzene rings is 1. The summed E-state index contributed by atoms with van der Waals surface area (Å²) in [6, 6.07) is 10.1. The molecule has 1 aliphatic rings. The Morgan fingerprint density at radius 3 is 2.11 bits per heavy atom. The van der Waals surface area contributed by atoms with Gasteiger partial charge >= 0.3 is 6.18 Å². The zero-order chi connectivity index (χ0) is 20.1. The first kappa shape index (κ1) is 22.0. The topological polar surface area (TPSA) is 52.7 Å². The van der Waals surface area contributed by atoms with Crippen LogP contribution in [-0.4, -0.2) is 48.8 Å². The second kappa shape index (κ2) is 9.29. The molecule has 1 saturated heterocycles. The van der Waals surface area contributed by atoms with Gasteiger partial charge in [0.2, 0.25) is 0 Å². The first-order valence-electron chi connectivity index (χ1n) is 8.46. The van der Waals surface area contributed by atoms with E-state index in [1.807, 2.05) is 6.07 Å². The molecule has 0 bridgehead atoms. The molecule has 150 valence electrons. The SMILES string of the molecule is CC(O)(c1ccc(N2CCN(Sc3cccs3)CC2)cc1)C(F)(F)F.CN. The third-order valence-electron chi connectivity index (χ3n) is 4.30. The molecule has 0 saturated carbocycles. The number of piperazine rings is 1. The quantitative estimate of drug-likeness (QED) is 0.736. The van der Waals surface area contributed by atoms with Gasteiger partial charge in [-0.05, 0) is 55.1 Å². The van der Waals surface area contributed by atoms with Crippen LogP contribution in [0.4, 0.5) is 18.9 Å². The van der Waals surface area contributed by atoms with Gasteiger partial charge < -0.3 is 15.7 Å². The zero-order valence-corrected chi connectivity index (χ0v) is 16.9. The molecule has 2 aromatic rings. The smallest absolute Gasteiger partial charge is 0.376 e. The Labute approximate surface area is 165 Å². The summed E-state index contributed by atoms with van der Waals surface area (Å²) in [5, 5.41) is 11.8. The van der Waals surface area contributed by atoms with Crippen molar-refractivity contribution in [1.29, 1.82) is 0 Å². The second-order valence-electron chi connectivity index (χ2n) is 6.06. The first-order valence-corrected chi connectivity index (χ1v) is 10.1. The van der Waals surface area contributed by atoms with Gasteiger partial charge in [-0.15, -0.1) is 11.3 Å². The summed E-state index contributed by atoms with van der Waals surface area (Å²) in [4.78, 5) is 2.15. The number of halogens is 3. The third kappa shape index (κ3) is 5.39. The molecule has 0 radical (unpaired) electrons. The average molecular weight is 420 g/mol. The Balaban J connectivity index is 0.00000126.